The fourth-order valence-electron chi connectivity index (χ4n) is 5.38. The van der Waals surface area contributed by atoms with Crippen molar-refractivity contribution in [2.75, 3.05) is 32.7 Å². The van der Waals surface area contributed by atoms with Crippen LogP contribution in [0.4, 0.5) is 14.5 Å². The number of esters is 1. The van der Waals surface area contributed by atoms with E-state index >= 15 is 0 Å². The Balaban J connectivity index is 1.57. The van der Waals surface area contributed by atoms with Crippen molar-refractivity contribution < 1.29 is 23.0 Å². The van der Waals surface area contributed by atoms with Crippen molar-refractivity contribution >= 4 is 40.8 Å². The molecule has 4 aromatic rings. The van der Waals surface area contributed by atoms with Gasteiger partial charge in [0.15, 0.2) is 4.80 Å². The number of hydrogen-bond acceptors (Lipinski definition) is 10. The van der Waals surface area contributed by atoms with Crippen LogP contribution < -0.4 is 24.5 Å². The summed E-state index contributed by atoms with van der Waals surface area (Å²) in [4.78, 5) is 38.4. The van der Waals surface area contributed by atoms with E-state index in [0.29, 0.717) is 43.0 Å². The molecule has 0 radical (unpaired) electrons. The van der Waals surface area contributed by atoms with Crippen LogP contribution in [0.25, 0.3) is 6.08 Å². The number of thiazole rings is 1. The molecule has 0 unspecified atom stereocenters. The molecule has 0 spiro atoms. The molecule has 2 aromatic heterocycles. The van der Waals surface area contributed by atoms with Crippen LogP contribution in [-0.2, 0) is 15.3 Å². The monoisotopic (exact) mass is 689 g/mol. The van der Waals surface area contributed by atoms with Gasteiger partial charge in [-0.3, -0.25) is 9.36 Å². The molecule has 1 atom stereocenters. The number of carbonyl (C=O) groups excluding carboxylic acids is 1. The van der Waals surface area contributed by atoms with E-state index in [1.54, 1.807) is 39.0 Å². The Hall–Kier alpha value is -4.80. The molecule has 13 heteroatoms. The summed E-state index contributed by atoms with van der Waals surface area (Å²) in [5.74, 6) is 0.290. The first-order chi connectivity index (χ1) is 23.0. The van der Waals surface area contributed by atoms with E-state index in [-0.39, 0.29) is 28.5 Å². The number of ether oxygens (including phenoxy) is 2. The first-order valence-corrected chi connectivity index (χ1v) is 16.7. The van der Waals surface area contributed by atoms with E-state index in [4.69, 9.17) is 9.47 Å². The normalized spacial score (nSPS) is 14.4. The third-order valence-electron chi connectivity index (χ3n) is 7.75. The van der Waals surface area contributed by atoms with E-state index in [0.717, 1.165) is 23.0 Å². The van der Waals surface area contributed by atoms with Gasteiger partial charge in [-0.2, -0.15) is 5.26 Å². The average Bonchev–Trinajstić information content (AvgIpc) is 3.36. The second-order valence-electron chi connectivity index (χ2n) is 11.1. The summed E-state index contributed by atoms with van der Waals surface area (Å²) in [5, 5.41) is 9.86. The molecule has 9 nitrogen and oxygen atoms in total. The van der Waals surface area contributed by atoms with Crippen LogP contribution in [0.2, 0.25) is 0 Å². The Kier molecular flexibility index (Phi) is 10.5. The van der Waals surface area contributed by atoms with Gasteiger partial charge in [0.1, 0.15) is 22.5 Å². The van der Waals surface area contributed by atoms with Gasteiger partial charge in [0.2, 0.25) is 0 Å². The first kappa shape index (κ1) is 34.5. The number of methoxy groups -OCH3 is 1. The minimum Gasteiger partial charge on any atom is -0.496 e. The summed E-state index contributed by atoms with van der Waals surface area (Å²) in [7, 11) is 5.39. The van der Waals surface area contributed by atoms with Gasteiger partial charge < -0.3 is 14.4 Å². The number of anilines is 1. The number of halogens is 2. The van der Waals surface area contributed by atoms with Crippen LogP contribution in [0.3, 0.4) is 0 Å². The summed E-state index contributed by atoms with van der Waals surface area (Å²) in [5.41, 5.74) is 3.85. The van der Waals surface area contributed by atoms with Crippen molar-refractivity contribution in [1.29, 1.82) is 5.26 Å². The lowest BCUT2D eigenvalue weighted by Crippen LogP contribution is -2.39. The summed E-state index contributed by atoms with van der Waals surface area (Å²) in [6, 6.07) is 15.6. The van der Waals surface area contributed by atoms with Crippen LogP contribution in [0.5, 0.6) is 5.75 Å². The van der Waals surface area contributed by atoms with E-state index in [2.05, 4.69) is 16.0 Å². The molecule has 0 saturated heterocycles. The van der Waals surface area contributed by atoms with Gasteiger partial charge in [0.25, 0.3) is 12.0 Å². The zero-order valence-electron chi connectivity index (χ0n) is 27.2. The van der Waals surface area contributed by atoms with Gasteiger partial charge >= 0.3 is 5.97 Å². The Morgan fingerprint density at radius 1 is 1.19 bits per heavy atom. The van der Waals surface area contributed by atoms with E-state index in [1.165, 1.54) is 29.1 Å². The largest absolute Gasteiger partial charge is 0.496 e. The third-order valence-corrected chi connectivity index (χ3v) is 9.75. The zero-order valence-corrected chi connectivity index (χ0v) is 28.8. The van der Waals surface area contributed by atoms with Crippen molar-refractivity contribution in [3.63, 3.8) is 0 Å². The number of aromatic nitrogens is 2. The molecule has 48 heavy (non-hydrogen) atoms. The number of benzene rings is 2. The number of nitriles is 1. The maximum absolute atomic E-state index is 14.1. The molecular formula is C35H33F2N5O4S2. The predicted octanol–water partition coefficient (Wildman–Crippen LogP) is 5.68. The van der Waals surface area contributed by atoms with Crippen LogP contribution in [0, 0.1) is 18.3 Å². The molecule has 0 aliphatic carbocycles. The van der Waals surface area contributed by atoms with Gasteiger partial charge in [-0.15, -0.1) is 11.8 Å². The minimum atomic E-state index is -2.77. The van der Waals surface area contributed by atoms with Gasteiger partial charge in [0, 0.05) is 31.1 Å². The smallest absolute Gasteiger partial charge is 0.338 e. The molecule has 2 aromatic carbocycles. The minimum absolute atomic E-state index is 0.176. The molecule has 0 N–H and O–H groups in total. The Labute approximate surface area is 284 Å². The standard InChI is InChI=1S/C35H33F2N5O4S2/c1-7-46-34(44)29-20(3)39-35-42(30(29)22-9-11-24(12-10-22)41(4)5)33(43)28(48-35)16-21-8-13-27(45-6)23(15-21)18-47-32-25(17-38)19(2)14-26(40-32)31(36)37/h8-16,30-31H,7,18H2,1-6H3/b28-16-/t30-/m0/s1. The number of fused-ring (bicyclic) bond motifs is 1. The van der Waals surface area contributed by atoms with Gasteiger partial charge in [-0.25, -0.2) is 23.6 Å². The fourth-order valence-corrected chi connectivity index (χ4v) is 7.47. The summed E-state index contributed by atoms with van der Waals surface area (Å²) in [6.45, 7) is 5.25. The molecule has 1 aliphatic heterocycles. The lowest BCUT2D eigenvalue weighted by atomic mass is 9.95. The second-order valence-corrected chi connectivity index (χ2v) is 13.1. The van der Waals surface area contributed by atoms with E-state index in [9.17, 15) is 23.6 Å². The lowest BCUT2D eigenvalue weighted by molar-refractivity contribution is -0.139. The lowest BCUT2D eigenvalue weighted by Gasteiger charge is -2.25. The number of allylic oxidation sites excluding steroid dienone is 1. The van der Waals surface area contributed by atoms with Gasteiger partial charge in [-0.05, 0) is 73.9 Å². The number of hydrogen-bond donors (Lipinski definition) is 0. The number of alkyl halides is 2. The molecule has 0 saturated carbocycles. The Morgan fingerprint density at radius 2 is 1.92 bits per heavy atom. The third kappa shape index (κ3) is 6.90. The molecule has 5 rings (SSSR count). The topological polar surface area (TPSA) is 110 Å². The van der Waals surface area contributed by atoms with Crippen molar-refractivity contribution in [1.82, 2.24) is 9.55 Å². The average molecular weight is 690 g/mol. The molecule has 3 heterocycles. The van der Waals surface area contributed by atoms with Crippen molar-refractivity contribution in [2.45, 2.75) is 44.0 Å². The highest BCUT2D eigenvalue weighted by Gasteiger charge is 2.33. The number of nitrogens with zero attached hydrogens (tertiary/aromatic N) is 5. The SMILES string of the molecule is CCOC(=O)C1=C(C)N=c2s/c(=C\c3ccc(OC)c(CSc4nc(C(F)F)cc(C)c4C#N)c3)c(=O)n2[C@H]1c1ccc(N(C)C)cc1. The van der Waals surface area contributed by atoms with Crippen molar-refractivity contribution in [2.24, 2.45) is 4.99 Å². The highest BCUT2D eigenvalue weighted by molar-refractivity contribution is 7.98. The molecule has 248 valence electrons. The number of pyridine rings is 1. The highest BCUT2D eigenvalue weighted by atomic mass is 32.2. The quantitative estimate of drug-likeness (QED) is 0.155. The zero-order chi connectivity index (χ0) is 34.7. The second kappa shape index (κ2) is 14.5. The maximum atomic E-state index is 14.1. The van der Waals surface area contributed by atoms with E-state index < -0.39 is 24.1 Å². The number of thioether (sulfide) groups is 1. The predicted molar refractivity (Wildman–Crippen MR) is 182 cm³/mol. The summed E-state index contributed by atoms with van der Waals surface area (Å²) in [6.07, 6.45) is -1.02. The fraction of sp³-hybridized carbons (Fsp3) is 0.286. The van der Waals surface area contributed by atoms with Crippen molar-refractivity contribution in [3.05, 3.63) is 113 Å². The van der Waals surface area contributed by atoms with Gasteiger partial charge in [0.05, 0.1) is 41.1 Å². The molecule has 1 aliphatic rings. The number of rotatable bonds is 10. The Morgan fingerprint density at radius 3 is 2.54 bits per heavy atom. The van der Waals surface area contributed by atoms with E-state index in [1.807, 2.05) is 49.3 Å². The molecule has 0 bridgehead atoms. The first-order valence-electron chi connectivity index (χ1n) is 14.9. The summed E-state index contributed by atoms with van der Waals surface area (Å²) >= 11 is 2.37. The molecule has 0 amide bonds. The van der Waals surface area contributed by atoms with Crippen molar-refractivity contribution in [3.8, 4) is 11.8 Å². The van der Waals surface area contributed by atoms with Crippen LogP contribution in [0.1, 0.15) is 59.8 Å². The van der Waals surface area contributed by atoms with Crippen LogP contribution in [-0.4, -0.2) is 43.3 Å². The molecule has 0 fully saturated rings. The summed E-state index contributed by atoms with van der Waals surface area (Å²) < 4.78 is 39.8. The maximum Gasteiger partial charge on any atom is 0.338 e. The van der Waals surface area contributed by atoms with Crippen LogP contribution >= 0.6 is 23.1 Å². The van der Waals surface area contributed by atoms with Gasteiger partial charge in [-0.1, -0.05) is 29.5 Å². The number of aryl methyl sites for hydroxylation is 1. The number of carbonyl (C=O) groups is 1. The highest BCUT2D eigenvalue weighted by Crippen LogP contribution is 2.34. The Bertz CT molecular complexity index is 2130. The van der Waals surface area contributed by atoms with Crippen LogP contribution in [0.15, 0.2) is 74.6 Å². The molecular weight excluding hydrogens is 657 g/mol.